The van der Waals surface area contributed by atoms with Crippen LogP contribution in [0.4, 0.5) is 5.69 Å². The Morgan fingerprint density at radius 1 is 1.53 bits per heavy atom. The van der Waals surface area contributed by atoms with Gasteiger partial charge in [0.2, 0.25) is 5.88 Å². The van der Waals surface area contributed by atoms with E-state index in [1.807, 2.05) is 0 Å². The molecule has 2 N–H and O–H groups in total. The van der Waals surface area contributed by atoms with Crippen molar-refractivity contribution >= 4 is 28.9 Å². The second kappa shape index (κ2) is 5.11. The summed E-state index contributed by atoms with van der Waals surface area (Å²) in [5, 5.41) is 17.0. The minimum absolute atomic E-state index is 0.0799. The predicted molar refractivity (Wildman–Crippen MR) is 69.0 cm³/mol. The van der Waals surface area contributed by atoms with Crippen molar-refractivity contribution in [3.05, 3.63) is 28.1 Å². The van der Waals surface area contributed by atoms with Crippen molar-refractivity contribution in [2.24, 2.45) is 7.05 Å². The smallest absolute Gasteiger partial charge is 0.348 e. The molecule has 0 saturated carbocycles. The van der Waals surface area contributed by atoms with Crippen molar-refractivity contribution in [2.45, 2.75) is 0 Å². The summed E-state index contributed by atoms with van der Waals surface area (Å²) in [6.07, 6.45) is 0. The second-order valence-corrected chi connectivity index (χ2v) is 4.53. The first-order valence-electron chi connectivity index (χ1n) is 5.23. The van der Waals surface area contributed by atoms with Gasteiger partial charge >= 0.3 is 5.97 Å². The Bertz CT molecular complexity index is 632. The van der Waals surface area contributed by atoms with Crippen LogP contribution < -0.4 is 10.1 Å². The molecule has 0 aromatic carbocycles. The summed E-state index contributed by atoms with van der Waals surface area (Å²) in [6.45, 7) is 0. The van der Waals surface area contributed by atoms with Gasteiger partial charge in [-0.05, 0) is 11.4 Å². The van der Waals surface area contributed by atoms with Gasteiger partial charge < -0.3 is 15.2 Å². The molecule has 2 heterocycles. The normalized spacial score (nSPS) is 10.2. The van der Waals surface area contributed by atoms with Gasteiger partial charge in [-0.25, -0.2) is 9.48 Å². The molecule has 0 bridgehead atoms. The molecular formula is C11H11N3O4S. The highest BCUT2D eigenvalue weighted by atomic mass is 32.1. The third kappa shape index (κ3) is 2.58. The van der Waals surface area contributed by atoms with Crippen LogP contribution in [0.2, 0.25) is 0 Å². The molecule has 8 heteroatoms. The van der Waals surface area contributed by atoms with Gasteiger partial charge in [-0.1, -0.05) is 0 Å². The number of methoxy groups -OCH3 is 1. The summed E-state index contributed by atoms with van der Waals surface area (Å²) in [5.41, 5.74) is 0.411. The summed E-state index contributed by atoms with van der Waals surface area (Å²) in [5.74, 6) is -1.13. The highest BCUT2D eigenvalue weighted by molar-refractivity contribution is 7.12. The van der Waals surface area contributed by atoms with Crippen LogP contribution in [-0.2, 0) is 7.05 Å². The number of nitrogens with one attached hydrogen (secondary N) is 1. The molecule has 0 aliphatic carbocycles. The molecule has 2 aromatic rings. The highest BCUT2D eigenvalue weighted by Crippen LogP contribution is 2.23. The van der Waals surface area contributed by atoms with E-state index in [1.54, 1.807) is 12.4 Å². The molecule has 0 saturated heterocycles. The van der Waals surface area contributed by atoms with Gasteiger partial charge in [0.25, 0.3) is 5.91 Å². The number of anilines is 1. The Morgan fingerprint density at radius 3 is 2.84 bits per heavy atom. The molecular weight excluding hydrogens is 270 g/mol. The van der Waals surface area contributed by atoms with Crippen LogP contribution in [0, 0.1) is 0 Å². The first kappa shape index (κ1) is 13.1. The lowest BCUT2D eigenvalue weighted by molar-refractivity contribution is 0.0703. The second-order valence-electron chi connectivity index (χ2n) is 3.62. The topological polar surface area (TPSA) is 93.4 Å². The maximum absolute atomic E-state index is 11.9. The molecule has 1 amide bonds. The van der Waals surface area contributed by atoms with Crippen LogP contribution in [0.25, 0.3) is 0 Å². The molecule has 0 unspecified atom stereocenters. The molecule has 0 atom stereocenters. The zero-order valence-electron chi connectivity index (χ0n) is 10.2. The highest BCUT2D eigenvalue weighted by Gasteiger charge is 2.17. The van der Waals surface area contributed by atoms with Crippen molar-refractivity contribution in [2.75, 3.05) is 12.4 Å². The van der Waals surface area contributed by atoms with Gasteiger partial charge in [0.1, 0.15) is 4.88 Å². The van der Waals surface area contributed by atoms with E-state index in [2.05, 4.69) is 10.4 Å². The minimum atomic E-state index is -1.08. The number of aryl methyl sites for hydroxylation is 1. The number of thiophene rings is 1. The Hall–Kier alpha value is -2.35. The Kier molecular flexibility index (Phi) is 3.52. The van der Waals surface area contributed by atoms with Crippen LogP contribution >= 0.6 is 11.3 Å². The summed E-state index contributed by atoms with van der Waals surface area (Å²) < 4.78 is 6.42. The van der Waals surface area contributed by atoms with E-state index in [-0.39, 0.29) is 16.3 Å². The van der Waals surface area contributed by atoms with E-state index in [1.165, 1.54) is 23.9 Å². The number of carboxylic acid groups (broad SMARTS) is 1. The molecule has 7 nitrogen and oxygen atoms in total. The average Bonchev–Trinajstić information content (AvgIpc) is 2.95. The van der Waals surface area contributed by atoms with E-state index in [0.717, 1.165) is 11.3 Å². The lowest BCUT2D eigenvalue weighted by Crippen LogP contribution is -2.14. The molecule has 19 heavy (non-hydrogen) atoms. The van der Waals surface area contributed by atoms with Crippen LogP contribution in [0.1, 0.15) is 20.2 Å². The summed E-state index contributed by atoms with van der Waals surface area (Å²) in [6, 6.07) is 3.01. The first-order chi connectivity index (χ1) is 9.02. The number of nitrogens with zero attached hydrogens (tertiary/aromatic N) is 2. The summed E-state index contributed by atoms with van der Waals surface area (Å²) in [7, 11) is 3.11. The SMILES string of the molecule is COc1cc(C(=O)Nc2ccsc2C(=O)O)nn1C. The number of carboxylic acids is 1. The zero-order chi connectivity index (χ0) is 14.0. The van der Waals surface area contributed by atoms with E-state index in [9.17, 15) is 9.59 Å². The third-order valence-electron chi connectivity index (χ3n) is 2.39. The van der Waals surface area contributed by atoms with Crippen molar-refractivity contribution in [1.29, 1.82) is 0 Å². The number of aromatic carboxylic acids is 1. The van der Waals surface area contributed by atoms with Crippen molar-refractivity contribution < 1.29 is 19.4 Å². The maximum Gasteiger partial charge on any atom is 0.348 e. The molecule has 0 aliphatic rings. The maximum atomic E-state index is 11.9. The average molecular weight is 281 g/mol. The van der Waals surface area contributed by atoms with Crippen LogP contribution in [0.5, 0.6) is 5.88 Å². The number of ether oxygens (including phenoxy) is 1. The first-order valence-corrected chi connectivity index (χ1v) is 6.11. The quantitative estimate of drug-likeness (QED) is 0.884. The molecule has 0 fully saturated rings. The van der Waals surface area contributed by atoms with Crippen molar-refractivity contribution in [3.8, 4) is 5.88 Å². The zero-order valence-corrected chi connectivity index (χ0v) is 11.0. The monoisotopic (exact) mass is 281 g/mol. The predicted octanol–water partition coefficient (Wildman–Crippen LogP) is 1.44. The number of aromatic nitrogens is 2. The number of hydrogen-bond acceptors (Lipinski definition) is 5. The van der Waals surface area contributed by atoms with Gasteiger partial charge in [-0.15, -0.1) is 11.3 Å². The Labute approximate surface area is 112 Å². The number of carbonyl (C=O) groups is 2. The van der Waals surface area contributed by atoms with E-state index in [4.69, 9.17) is 9.84 Å². The minimum Gasteiger partial charge on any atom is -0.481 e. The van der Waals surface area contributed by atoms with Crippen LogP contribution in [-0.4, -0.2) is 33.9 Å². The fourth-order valence-corrected chi connectivity index (χ4v) is 2.20. The number of carbonyl (C=O) groups excluding carboxylic acids is 1. The number of amides is 1. The largest absolute Gasteiger partial charge is 0.481 e. The lowest BCUT2D eigenvalue weighted by atomic mass is 10.3. The van der Waals surface area contributed by atoms with Crippen molar-refractivity contribution in [1.82, 2.24) is 9.78 Å². The molecule has 0 radical (unpaired) electrons. The fraction of sp³-hybridized carbons (Fsp3) is 0.182. The Morgan fingerprint density at radius 2 is 2.26 bits per heavy atom. The lowest BCUT2D eigenvalue weighted by Gasteiger charge is -2.01. The van der Waals surface area contributed by atoms with Gasteiger partial charge in [-0.2, -0.15) is 5.10 Å². The standard InChI is InChI=1S/C11H11N3O4S/c1-14-8(18-2)5-7(13-14)10(15)12-6-3-4-19-9(6)11(16)17/h3-5H,1-2H3,(H,12,15)(H,16,17). The molecule has 100 valence electrons. The van der Waals surface area contributed by atoms with E-state index >= 15 is 0 Å². The molecule has 0 aliphatic heterocycles. The van der Waals surface area contributed by atoms with Gasteiger partial charge in [-0.3, -0.25) is 4.79 Å². The van der Waals surface area contributed by atoms with Crippen LogP contribution in [0.3, 0.4) is 0 Å². The third-order valence-corrected chi connectivity index (χ3v) is 3.29. The van der Waals surface area contributed by atoms with Crippen LogP contribution in [0.15, 0.2) is 17.5 Å². The van der Waals surface area contributed by atoms with E-state index in [0.29, 0.717) is 5.88 Å². The van der Waals surface area contributed by atoms with Gasteiger partial charge in [0.05, 0.1) is 12.8 Å². The summed E-state index contributed by atoms with van der Waals surface area (Å²) in [4.78, 5) is 22.9. The number of rotatable bonds is 4. The molecule has 2 aromatic heterocycles. The summed E-state index contributed by atoms with van der Waals surface area (Å²) >= 11 is 1.04. The molecule has 2 rings (SSSR count). The number of hydrogen-bond donors (Lipinski definition) is 2. The fourth-order valence-electron chi connectivity index (χ4n) is 1.51. The Balaban J connectivity index is 2.20. The molecule has 0 spiro atoms. The van der Waals surface area contributed by atoms with Gasteiger partial charge in [0.15, 0.2) is 5.69 Å². The van der Waals surface area contributed by atoms with E-state index < -0.39 is 11.9 Å². The van der Waals surface area contributed by atoms with Gasteiger partial charge in [0, 0.05) is 13.1 Å². The van der Waals surface area contributed by atoms with Crippen molar-refractivity contribution in [3.63, 3.8) is 0 Å².